The van der Waals surface area contributed by atoms with Gasteiger partial charge in [-0.15, -0.1) is 0 Å². The molecule has 0 N–H and O–H groups in total. The molecule has 2 saturated heterocycles. The highest BCUT2D eigenvalue weighted by Crippen LogP contribution is 2.41. The van der Waals surface area contributed by atoms with Crippen LogP contribution >= 0.6 is 0 Å². The van der Waals surface area contributed by atoms with Crippen LogP contribution in [0.4, 0.5) is 4.39 Å². The third-order valence-corrected chi connectivity index (χ3v) is 5.48. The molecule has 0 bridgehead atoms. The van der Waals surface area contributed by atoms with Crippen LogP contribution in [0, 0.1) is 11.7 Å². The van der Waals surface area contributed by atoms with E-state index in [1.807, 2.05) is 17.0 Å². The molecular formula is C21H23FN2O3. The predicted octanol–water partition coefficient (Wildman–Crippen LogP) is 2.85. The van der Waals surface area contributed by atoms with E-state index in [0.29, 0.717) is 31.2 Å². The van der Waals surface area contributed by atoms with Gasteiger partial charge in [-0.25, -0.2) is 4.39 Å². The Kier molecular flexibility index (Phi) is 5.07. The van der Waals surface area contributed by atoms with Crippen molar-refractivity contribution in [3.8, 4) is 5.75 Å². The molecule has 2 aromatic rings. The Morgan fingerprint density at radius 1 is 1.33 bits per heavy atom. The van der Waals surface area contributed by atoms with Gasteiger partial charge in [-0.2, -0.15) is 0 Å². The van der Waals surface area contributed by atoms with Gasteiger partial charge in [0.2, 0.25) is 5.91 Å². The predicted molar refractivity (Wildman–Crippen MR) is 97.8 cm³/mol. The Bertz CT molecular complexity index is 793. The number of carbonyl (C=O) groups is 1. The van der Waals surface area contributed by atoms with Gasteiger partial charge < -0.3 is 14.4 Å². The van der Waals surface area contributed by atoms with E-state index >= 15 is 0 Å². The highest BCUT2D eigenvalue weighted by atomic mass is 19.1. The second-order valence-electron chi connectivity index (χ2n) is 7.28. The van der Waals surface area contributed by atoms with Crippen molar-refractivity contribution in [3.63, 3.8) is 0 Å². The van der Waals surface area contributed by atoms with Gasteiger partial charge in [-0.3, -0.25) is 9.78 Å². The van der Waals surface area contributed by atoms with Crippen molar-refractivity contribution in [1.29, 1.82) is 0 Å². The summed E-state index contributed by atoms with van der Waals surface area (Å²) in [5.74, 6) is 0.860. The van der Waals surface area contributed by atoms with Gasteiger partial charge in [0.15, 0.2) is 0 Å². The molecule has 0 aliphatic carbocycles. The molecule has 0 saturated carbocycles. The molecule has 27 heavy (non-hydrogen) atoms. The molecule has 6 heteroatoms. The molecule has 0 unspecified atom stereocenters. The zero-order valence-corrected chi connectivity index (χ0v) is 15.1. The lowest BCUT2D eigenvalue weighted by molar-refractivity contribution is -0.165. The number of rotatable bonds is 6. The van der Waals surface area contributed by atoms with Crippen molar-refractivity contribution in [2.75, 3.05) is 26.3 Å². The van der Waals surface area contributed by atoms with Crippen molar-refractivity contribution in [2.24, 2.45) is 5.92 Å². The van der Waals surface area contributed by atoms with Gasteiger partial charge in [0, 0.05) is 12.8 Å². The summed E-state index contributed by atoms with van der Waals surface area (Å²) in [6.45, 7) is 2.56. The molecule has 0 radical (unpaired) electrons. The lowest BCUT2D eigenvalue weighted by atomic mass is 9.79. The van der Waals surface area contributed by atoms with Crippen LogP contribution < -0.4 is 4.74 Å². The zero-order chi connectivity index (χ0) is 18.7. The van der Waals surface area contributed by atoms with Crippen LogP contribution in [0.15, 0.2) is 48.8 Å². The number of amides is 1. The number of carbonyl (C=O) groups excluding carboxylic acids is 1. The maximum atomic E-state index is 13.3. The van der Waals surface area contributed by atoms with Gasteiger partial charge in [-0.1, -0.05) is 12.1 Å². The van der Waals surface area contributed by atoms with Crippen LogP contribution in [0.1, 0.15) is 18.4 Å². The third kappa shape index (κ3) is 3.95. The fourth-order valence-electron chi connectivity index (χ4n) is 4.00. The number of aromatic nitrogens is 1. The minimum Gasteiger partial charge on any atom is -0.492 e. The molecular weight excluding hydrogens is 347 g/mol. The van der Waals surface area contributed by atoms with E-state index in [-0.39, 0.29) is 23.7 Å². The Labute approximate surface area is 158 Å². The number of hydrogen-bond donors (Lipinski definition) is 0. The van der Waals surface area contributed by atoms with Crippen LogP contribution in [-0.4, -0.2) is 47.7 Å². The maximum absolute atomic E-state index is 13.3. The molecule has 2 aliphatic rings. The van der Waals surface area contributed by atoms with E-state index in [9.17, 15) is 9.18 Å². The highest BCUT2D eigenvalue weighted by molar-refractivity contribution is 5.80. The molecule has 1 atom stereocenters. The normalized spacial score (nSPS) is 20.5. The largest absolute Gasteiger partial charge is 0.492 e. The molecule has 3 heterocycles. The summed E-state index contributed by atoms with van der Waals surface area (Å²) in [6.07, 6.45) is 5.53. The van der Waals surface area contributed by atoms with Crippen molar-refractivity contribution in [2.45, 2.75) is 24.9 Å². The van der Waals surface area contributed by atoms with Crippen LogP contribution in [0.5, 0.6) is 5.75 Å². The van der Waals surface area contributed by atoms with Gasteiger partial charge in [-0.05, 0) is 48.6 Å². The van der Waals surface area contributed by atoms with E-state index < -0.39 is 0 Å². The maximum Gasteiger partial charge on any atom is 0.227 e. The highest BCUT2D eigenvalue weighted by Gasteiger charge is 2.53. The molecule has 142 valence electrons. The molecule has 5 nitrogen and oxygen atoms in total. The number of ether oxygens (including phenoxy) is 2. The van der Waals surface area contributed by atoms with Gasteiger partial charge in [0.05, 0.1) is 32.3 Å². The monoisotopic (exact) mass is 370 g/mol. The average molecular weight is 370 g/mol. The van der Waals surface area contributed by atoms with Gasteiger partial charge in [0.1, 0.15) is 17.2 Å². The topological polar surface area (TPSA) is 51.7 Å². The molecule has 2 aliphatic heterocycles. The molecule has 1 amide bonds. The van der Waals surface area contributed by atoms with Crippen LogP contribution in [-0.2, 0) is 16.0 Å². The lowest BCUT2D eigenvalue weighted by Gasteiger charge is -2.50. The van der Waals surface area contributed by atoms with Crippen molar-refractivity contribution >= 4 is 5.91 Å². The zero-order valence-electron chi connectivity index (χ0n) is 15.1. The second kappa shape index (κ2) is 7.64. The molecule has 1 aromatic heterocycles. The van der Waals surface area contributed by atoms with E-state index in [0.717, 1.165) is 25.2 Å². The van der Waals surface area contributed by atoms with Crippen LogP contribution in [0.25, 0.3) is 0 Å². The van der Waals surface area contributed by atoms with E-state index in [1.165, 1.54) is 12.1 Å². The Hall–Kier alpha value is -2.47. The quantitative estimate of drug-likeness (QED) is 0.785. The summed E-state index contributed by atoms with van der Waals surface area (Å²) in [4.78, 5) is 18.3. The summed E-state index contributed by atoms with van der Waals surface area (Å²) in [5.41, 5.74) is 0.463. The molecule has 2 fully saturated rings. The minimum atomic E-state index is -0.312. The Balaban J connectivity index is 1.27. The average Bonchev–Trinajstić information content (AvgIpc) is 3.05. The lowest BCUT2D eigenvalue weighted by Crippen LogP contribution is -2.66. The second-order valence-corrected chi connectivity index (χ2v) is 7.28. The summed E-state index contributed by atoms with van der Waals surface area (Å²) in [7, 11) is 0. The fourth-order valence-corrected chi connectivity index (χ4v) is 4.00. The Morgan fingerprint density at radius 3 is 3.00 bits per heavy atom. The number of benzene rings is 1. The number of pyridine rings is 1. The fraction of sp³-hybridized carbons (Fsp3) is 0.429. The van der Waals surface area contributed by atoms with E-state index in [4.69, 9.17) is 9.47 Å². The standard InChI is InChI=1S/C21H23FN2O3/c22-18-4-1-3-16(11-18)12-20(25)24-14-21(15-24)17(7-10-27-21)6-9-26-19-5-2-8-23-13-19/h1-5,8,11,13,17H,6-7,9-10,12,14-15H2/t17-/m0/s1. The first-order valence-electron chi connectivity index (χ1n) is 9.34. The first kappa shape index (κ1) is 17.9. The van der Waals surface area contributed by atoms with Crippen molar-refractivity contribution in [3.05, 3.63) is 60.2 Å². The number of nitrogens with zero attached hydrogens (tertiary/aromatic N) is 2. The number of likely N-dealkylation sites (tertiary alicyclic amines) is 1. The van der Waals surface area contributed by atoms with Crippen molar-refractivity contribution in [1.82, 2.24) is 9.88 Å². The van der Waals surface area contributed by atoms with Crippen molar-refractivity contribution < 1.29 is 18.7 Å². The summed E-state index contributed by atoms with van der Waals surface area (Å²) in [6, 6.07) is 9.96. The molecule has 1 spiro atoms. The smallest absolute Gasteiger partial charge is 0.227 e. The Morgan fingerprint density at radius 2 is 2.22 bits per heavy atom. The molecule has 1 aromatic carbocycles. The van der Waals surface area contributed by atoms with Crippen LogP contribution in [0.2, 0.25) is 0 Å². The third-order valence-electron chi connectivity index (χ3n) is 5.48. The SMILES string of the molecule is O=C(Cc1cccc(F)c1)N1CC2(C1)OCC[C@@H]2CCOc1cccnc1. The first-order chi connectivity index (χ1) is 13.1. The van der Waals surface area contributed by atoms with E-state index in [1.54, 1.807) is 24.5 Å². The minimum absolute atomic E-state index is 0.0204. The van der Waals surface area contributed by atoms with E-state index in [2.05, 4.69) is 4.98 Å². The van der Waals surface area contributed by atoms with Crippen LogP contribution in [0.3, 0.4) is 0 Å². The number of halogens is 1. The summed E-state index contributed by atoms with van der Waals surface area (Å²) < 4.78 is 25.1. The van der Waals surface area contributed by atoms with Gasteiger partial charge in [0.25, 0.3) is 0 Å². The first-order valence-corrected chi connectivity index (χ1v) is 9.34. The number of hydrogen-bond acceptors (Lipinski definition) is 4. The summed E-state index contributed by atoms with van der Waals surface area (Å²) in [5, 5.41) is 0. The van der Waals surface area contributed by atoms with Gasteiger partial charge >= 0.3 is 0 Å². The summed E-state index contributed by atoms with van der Waals surface area (Å²) >= 11 is 0. The molecule has 4 rings (SSSR count).